The molecule has 1 fully saturated rings. The summed E-state index contributed by atoms with van der Waals surface area (Å²) in [7, 11) is 0. The number of oxazole rings is 1. The van der Waals surface area contributed by atoms with Crippen LogP contribution >= 0.6 is 11.3 Å². The van der Waals surface area contributed by atoms with Crippen molar-refractivity contribution in [2.24, 2.45) is 5.92 Å². The fraction of sp³-hybridized carbons (Fsp3) is 0.469. The molecule has 5 amide bonds. The molecule has 2 aliphatic heterocycles. The summed E-state index contributed by atoms with van der Waals surface area (Å²) < 4.78 is 5.98. The van der Waals surface area contributed by atoms with Crippen LogP contribution in [0.5, 0.6) is 0 Å². The van der Waals surface area contributed by atoms with Crippen molar-refractivity contribution in [2.45, 2.75) is 71.0 Å². The lowest BCUT2D eigenvalue weighted by atomic mass is 10.0. The number of aryl methyl sites for hydroxylation is 1. The Kier molecular flexibility index (Phi) is 10.5. The number of rotatable bonds is 4. The van der Waals surface area contributed by atoms with Gasteiger partial charge in [-0.05, 0) is 31.2 Å². The van der Waals surface area contributed by atoms with Crippen LogP contribution in [0.2, 0.25) is 0 Å². The molecule has 4 N–H and O–H groups in total. The number of hydrogen-bond acceptors (Lipinski definition) is 9. The van der Waals surface area contributed by atoms with Crippen molar-refractivity contribution in [2.75, 3.05) is 19.6 Å². The number of carbonyl (C=O) groups excluding carboxylic acids is 5. The highest BCUT2D eigenvalue weighted by Crippen LogP contribution is 2.27. The molecule has 46 heavy (non-hydrogen) atoms. The summed E-state index contributed by atoms with van der Waals surface area (Å²) in [5.41, 5.74) is 1.25. The molecule has 14 heteroatoms. The molecule has 3 atom stereocenters. The molecule has 0 radical (unpaired) electrons. The fourth-order valence-electron chi connectivity index (χ4n) is 5.53. The van der Waals surface area contributed by atoms with Crippen molar-refractivity contribution in [3.63, 3.8) is 0 Å². The molecular formula is C32H39N7O6S. The number of carbonyl (C=O) groups is 5. The van der Waals surface area contributed by atoms with Crippen molar-refractivity contribution in [3.05, 3.63) is 69.3 Å². The minimum Gasteiger partial charge on any atom is -0.443 e. The van der Waals surface area contributed by atoms with Gasteiger partial charge >= 0.3 is 0 Å². The Hall–Kier alpha value is -4.59. The van der Waals surface area contributed by atoms with Crippen LogP contribution < -0.4 is 21.3 Å². The third kappa shape index (κ3) is 7.97. The molecule has 1 saturated heterocycles. The molecule has 1 aromatic carbocycles. The van der Waals surface area contributed by atoms with Crippen LogP contribution in [0.3, 0.4) is 0 Å². The quantitative estimate of drug-likeness (QED) is 0.334. The van der Waals surface area contributed by atoms with E-state index in [1.807, 2.05) is 44.2 Å². The second-order valence-electron chi connectivity index (χ2n) is 11.9. The van der Waals surface area contributed by atoms with E-state index < -0.39 is 29.9 Å². The summed E-state index contributed by atoms with van der Waals surface area (Å²) in [5.74, 6) is -1.11. The van der Waals surface area contributed by atoms with Crippen LogP contribution in [0, 0.1) is 12.8 Å². The Balaban J connectivity index is 1.43. The number of fused-ring (bicyclic) bond motifs is 4. The van der Waals surface area contributed by atoms with Gasteiger partial charge in [-0.1, -0.05) is 44.2 Å². The Bertz CT molecular complexity index is 1590. The Morgan fingerprint density at radius 1 is 1.00 bits per heavy atom. The highest BCUT2D eigenvalue weighted by molar-refractivity contribution is 7.09. The summed E-state index contributed by atoms with van der Waals surface area (Å²) in [5, 5.41) is 13.7. The molecule has 2 aromatic heterocycles. The minimum absolute atomic E-state index is 0.0590. The lowest BCUT2D eigenvalue weighted by molar-refractivity contribution is -0.134. The lowest BCUT2D eigenvalue weighted by Crippen LogP contribution is -2.47. The number of aromatic nitrogens is 2. The van der Waals surface area contributed by atoms with Gasteiger partial charge in [0.05, 0.1) is 6.04 Å². The average molecular weight is 650 g/mol. The number of nitrogens with zero attached hydrogens (tertiary/aromatic N) is 3. The predicted octanol–water partition coefficient (Wildman–Crippen LogP) is 2.60. The highest BCUT2D eigenvalue weighted by atomic mass is 32.1. The first kappa shape index (κ1) is 32.8. The van der Waals surface area contributed by atoms with Gasteiger partial charge in [-0.3, -0.25) is 24.0 Å². The normalized spacial score (nSPS) is 21.7. The SMILES string of the molecule is Cc1oc2nc1C(=O)N[C@@H](C(C)C)c1nc(cs1)C(=O)NCCN(C(=O)[C@H]1CCC(=O)N1)CCCC(=O)N[C@H]2Cc1ccccc1. The van der Waals surface area contributed by atoms with Crippen LogP contribution in [0.4, 0.5) is 0 Å². The highest BCUT2D eigenvalue weighted by Gasteiger charge is 2.32. The molecule has 0 aliphatic carbocycles. The van der Waals surface area contributed by atoms with Crippen molar-refractivity contribution >= 4 is 40.9 Å². The second kappa shape index (κ2) is 14.7. The van der Waals surface area contributed by atoms with Gasteiger partial charge in [0.1, 0.15) is 28.5 Å². The van der Waals surface area contributed by atoms with Crippen molar-refractivity contribution in [3.8, 4) is 0 Å². The number of thiazole rings is 1. The lowest BCUT2D eigenvalue weighted by Gasteiger charge is -2.26. The van der Waals surface area contributed by atoms with Gasteiger partial charge in [0.2, 0.25) is 23.6 Å². The van der Waals surface area contributed by atoms with Gasteiger partial charge in [-0.2, -0.15) is 0 Å². The Morgan fingerprint density at radius 2 is 1.76 bits per heavy atom. The Labute approximate surface area is 270 Å². The van der Waals surface area contributed by atoms with Gasteiger partial charge in [0.25, 0.3) is 11.8 Å². The van der Waals surface area contributed by atoms with E-state index in [0.717, 1.165) is 5.56 Å². The third-order valence-electron chi connectivity index (χ3n) is 8.02. The largest absolute Gasteiger partial charge is 0.443 e. The van der Waals surface area contributed by atoms with E-state index >= 15 is 0 Å². The first-order valence-corrected chi connectivity index (χ1v) is 16.4. The van der Waals surface area contributed by atoms with Crippen LogP contribution in [-0.4, -0.2) is 70.1 Å². The summed E-state index contributed by atoms with van der Waals surface area (Å²) in [6.45, 7) is 6.12. The first-order chi connectivity index (χ1) is 22.1. The van der Waals surface area contributed by atoms with Crippen molar-refractivity contribution in [1.29, 1.82) is 0 Å². The molecular weight excluding hydrogens is 610 g/mol. The van der Waals surface area contributed by atoms with E-state index in [2.05, 4.69) is 31.2 Å². The smallest absolute Gasteiger partial charge is 0.274 e. The topological polar surface area (TPSA) is 176 Å². The molecule has 4 heterocycles. The average Bonchev–Trinajstić information content (AvgIpc) is 3.78. The number of nitrogens with one attached hydrogen (secondary N) is 4. The maximum atomic E-state index is 13.5. The van der Waals surface area contributed by atoms with Gasteiger partial charge in [-0.15, -0.1) is 11.3 Å². The number of hydrogen-bond donors (Lipinski definition) is 4. The second-order valence-corrected chi connectivity index (χ2v) is 12.8. The minimum atomic E-state index is -0.648. The van der Waals surface area contributed by atoms with Crippen LogP contribution in [0.25, 0.3) is 0 Å². The fourth-order valence-corrected chi connectivity index (χ4v) is 6.55. The zero-order chi connectivity index (χ0) is 32.8. The summed E-state index contributed by atoms with van der Waals surface area (Å²) in [6, 6.07) is 7.80. The van der Waals surface area contributed by atoms with Crippen LogP contribution in [0.1, 0.15) is 94.8 Å². The van der Waals surface area contributed by atoms with E-state index in [0.29, 0.717) is 30.0 Å². The molecule has 13 nitrogen and oxygen atoms in total. The first-order valence-electron chi connectivity index (χ1n) is 15.5. The zero-order valence-electron chi connectivity index (χ0n) is 26.1. The Morgan fingerprint density at radius 3 is 2.48 bits per heavy atom. The van der Waals surface area contributed by atoms with Crippen molar-refractivity contribution in [1.82, 2.24) is 36.1 Å². The zero-order valence-corrected chi connectivity index (χ0v) is 26.9. The van der Waals surface area contributed by atoms with Gasteiger partial charge < -0.3 is 30.6 Å². The van der Waals surface area contributed by atoms with Crippen LogP contribution in [-0.2, 0) is 20.8 Å². The number of benzene rings is 1. The number of amides is 5. The van der Waals surface area contributed by atoms with E-state index in [1.165, 1.54) is 11.3 Å². The third-order valence-corrected chi connectivity index (χ3v) is 8.95. The molecule has 2 aliphatic rings. The molecule has 0 unspecified atom stereocenters. The van der Waals surface area contributed by atoms with E-state index in [-0.39, 0.29) is 73.4 Å². The van der Waals surface area contributed by atoms with E-state index in [1.54, 1.807) is 17.2 Å². The monoisotopic (exact) mass is 649 g/mol. The molecule has 5 rings (SSSR count). The van der Waals surface area contributed by atoms with E-state index in [4.69, 9.17) is 4.42 Å². The standard InChI is InChI=1S/C32H39N7O6S/c1-18(2)26-31-36-23(17-46-31)28(42)33-13-15-39(32(44)21-11-12-25(41)34-21)14-7-10-24(40)35-22(16-20-8-5-4-6-9-20)30-38-27(19(3)45-30)29(43)37-26/h4-6,8-9,17-18,21-22,26H,7,10-16H2,1-3H3,(H,33,42)(H,34,41)(H,35,40)(H,37,43)/t21-,22+,26+/m1/s1. The summed E-state index contributed by atoms with van der Waals surface area (Å²) >= 11 is 1.27. The predicted molar refractivity (Wildman–Crippen MR) is 169 cm³/mol. The molecule has 4 bridgehead atoms. The van der Waals surface area contributed by atoms with Gasteiger partial charge in [-0.25, -0.2) is 9.97 Å². The van der Waals surface area contributed by atoms with E-state index in [9.17, 15) is 24.0 Å². The molecule has 3 aromatic rings. The molecule has 0 spiro atoms. The maximum absolute atomic E-state index is 13.5. The van der Waals surface area contributed by atoms with Crippen LogP contribution in [0.15, 0.2) is 40.1 Å². The molecule has 0 saturated carbocycles. The molecule has 244 valence electrons. The summed E-state index contributed by atoms with van der Waals surface area (Å²) in [6.07, 6.45) is 1.50. The van der Waals surface area contributed by atoms with Crippen molar-refractivity contribution < 1.29 is 28.4 Å². The maximum Gasteiger partial charge on any atom is 0.274 e. The summed E-state index contributed by atoms with van der Waals surface area (Å²) in [4.78, 5) is 75.5. The van der Waals surface area contributed by atoms with Gasteiger partial charge in [0, 0.05) is 44.3 Å². The van der Waals surface area contributed by atoms with Gasteiger partial charge in [0.15, 0.2) is 5.69 Å².